The molecule has 3 amide bonds. The Bertz CT molecular complexity index is 830. The molecule has 1 saturated heterocycles. The van der Waals surface area contributed by atoms with Crippen molar-refractivity contribution in [2.75, 3.05) is 18.4 Å². The summed E-state index contributed by atoms with van der Waals surface area (Å²) < 4.78 is 26.8. The number of benzene rings is 2. The molecule has 1 heterocycles. The van der Waals surface area contributed by atoms with E-state index in [9.17, 15) is 18.4 Å². The Morgan fingerprint density at radius 1 is 1.12 bits per heavy atom. The van der Waals surface area contributed by atoms with E-state index >= 15 is 0 Å². The summed E-state index contributed by atoms with van der Waals surface area (Å²) in [5.41, 5.74) is 0.738. The third-order valence-electron chi connectivity index (χ3n) is 4.08. The Hall–Kier alpha value is -2.48. The molecule has 0 radical (unpaired) electrons. The molecule has 0 aliphatic carbocycles. The van der Waals surface area contributed by atoms with Gasteiger partial charge in [-0.2, -0.15) is 0 Å². The van der Waals surface area contributed by atoms with Crippen LogP contribution < -0.4 is 10.6 Å². The molecule has 26 heavy (non-hydrogen) atoms. The van der Waals surface area contributed by atoms with E-state index in [2.05, 4.69) is 26.6 Å². The van der Waals surface area contributed by atoms with Crippen LogP contribution in [0.5, 0.6) is 0 Å². The van der Waals surface area contributed by atoms with E-state index in [1.54, 1.807) is 11.0 Å². The predicted molar refractivity (Wildman–Crippen MR) is 97.0 cm³/mol. The Morgan fingerprint density at radius 3 is 2.54 bits per heavy atom. The fourth-order valence-electron chi connectivity index (χ4n) is 2.76. The number of hydrogen-bond donors (Lipinski definition) is 2. The van der Waals surface area contributed by atoms with Crippen molar-refractivity contribution in [2.24, 2.45) is 0 Å². The molecule has 136 valence electrons. The lowest BCUT2D eigenvalue weighted by Crippen LogP contribution is -2.40. The quantitative estimate of drug-likeness (QED) is 0.789. The zero-order valence-corrected chi connectivity index (χ0v) is 15.2. The Labute approximate surface area is 157 Å². The fourth-order valence-corrected chi connectivity index (χ4v) is 3.01. The van der Waals surface area contributed by atoms with Crippen LogP contribution in [0.15, 0.2) is 46.9 Å². The topological polar surface area (TPSA) is 61.4 Å². The molecule has 0 saturated carbocycles. The normalized spacial score (nSPS) is 16.4. The monoisotopic (exact) mass is 423 g/mol. The smallest absolute Gasteiger partial charge is 0.319 e. The second-order valence-corrected chi connectivity index (χ2v) is 6.83. The van der Waals surface area contributed by atoms with Gasteiger partial charge in [0.1, 0.15) is 11.6 Å². The van der Waals surface area contributed by atoms with Crippen LogP contribution in [0.4, 0.5) is 19.3 Å². The zero-order valence-electron chi connectivity index (χ0n) is 13.6. The van der Waals surface area contributed by atoms with Crippen LogP contribution in [-0.2, 0) is 0 Å². The van der Waals surface area contributed by atoms with Gasteiger partial charge in [-0.15, -0.1) is 0 Å². The van der Waals surface area contributed by atoms with Gasteiger partial charge < -0.3 is 15.5 Å². The molecule has 1 aliphatic heterocycles. The lowest BCUT2D eigenvalue weighted by Gasteiger charge is -2.17. The van der Waals surface area contributed by atoms with Crippen molar-refractivity contribution >= 4 is 33.6 Å². The summed E-state index contributed by atoms with van der Waals surface area (Å²) in [6, 6.07) is 9.02. The van der Waals surface area contributed by atoms with Crippen molar-refractivity contribution in [1.29, 1.82) is 0 Å². The molecule has 0 spiro atoms. The standard InChI is InChI=1S/C18H16BrF2N3O2/c19-15-6-1-11(9-16(15)21)17(25)24-8-7-14(10-24)23-18(26)22-13-4-2-12(20)3-5-13/h1-6,9,14H,7-8,10H2,(H2,22,23,26). The molecule has 2 aromatic rings. The van der Waals surface area contributed by atoms with Crippen LogP contribution in [0, 0.1) is 11.6 Å². The number of amides is 3. The summed E-state index contributed by atoms with van der Waals surface area (Å²) in [5, 5.41) is 5.39. The highest BCUT2D eigenvalue weighted by atomic mass is 79.9. The van der Waals surface area contributed by atoms with Gasteiger partial charge in [-0.25, -0.2) is 13.6 Å². The summed E-state index contributed by atoms with van der Waals surface area (Å²) in [6.45, 7) is 0.811. The Balaban J connectivity index is 1.54. The molecule has 2 N–H and O–H groups in total. The zero-order chi connectivity index (χ0) is 18.7. The van der Waals surface area contributed by atoms with Crippen molar-refractivity contribution < 1.29 is 18.4 Å². The number of anilines is 1. The number of rotatable bonds is 3. The average Bonchev–Trinajstić information content (AvgIpc) is 3.07. The maximum atomic E-state index is 13.6. The van der Waals surface area contributed by atoms with E-state index in [4.69, 9.17) is 0 Å². The van der Waals surface area contributed by atoms with Crippen molar-refractivity contribution in [2.45, 2.75) is 12.5 Å². The SMILES string of the molecule is O=C(Nc1ccc(F)cc1)NC1CCN(C(=O)c2ccc(Br)c(F)c2)C1. The summed E-state index contributed by atoms with van der Waals surface area (Å²) in [5.74, 6) is -1.16. The van der Waals surface area contributed by atoms with E-state index in [0.29, 0.717) is 29.7 Å². The lowest BCUT2D eigenvalue weighted by atomic mass is 10.2. The molecule has 3 rings (SSSR count). The van der Waals surface area contributed by atoms with E-state index in [1.807, 2.05) is 0 Å². The van der Waals surface area contributed by atoms with Crippen molar-refractivity contribution in [3.8, 4) is 0 Å². The van der Waals surface area contributed by atoms with Crippen molar-refractivity contribution in [1.82, 2.24) is 10.2 Å². The molecule has 1 aliphatic rings. The van der Waals surface area contributed by atoms with E-state index < -0.39 is 11.8 Å². The number of nitrogens with one attached hydrogen (secondary N) is 2. The van der Waals surface area contributed by atoms with Gasteiger partial charge in [0.05, 0.1) is 4.47 Å². The van der Waals surface area contributed by atoms with E-state index in [-0.39, 0.29) is 23.3 Å². The van der Waals surface area contributed by atoms with Gasteiger partial charge >= 0.3 is 6.03 Å². The molecular formula is C18H16BrF2N3O2. The van der Waals surface area contributed by atoms with Gasteiger partial charge in [0.25, 0.3) is 5.91 Å². The number of nitrogens with zero attached hydrogens (tertiary/aromatic N) is 1. The van der Waals surface area contributed by atoms with Gasteiger partial charge in [-0.1, -0.05) is 0 Å². The second-order valence-electron chi connectivity index (χ2n) is 5.97. The highest BCUT2D eigenvalue weighted by Gasteiger charge is 2.28. The van der Waals surface area contributed by atoms with Crippen LogP contribution >= 0.6 is 15.9 Å². The number of hydrogen-bond acceptors (Lipinski definition) is 2. The second kappa shape index (κ2) is 7.82. The lowest BCUT2D eigenvalue weighted by molar-refractivity contribution is 0.0789. The molecule has 1 unspecified atom stereocenters. The first-order valence-electron chi connectivity index (χ1n) is 8.00. The summed E-state index contributed by atoms with van der Waals surface area (Å²) >= 11 is 3.05. The van der Waals surface area contributed by atoms with Crippen molar-refractivity contribution in [3.63, 3.8) is 0 Å². The van der Waals surface area contributed by atoms with Crippen molar-refractivity contribution in [3.05, 3.63) is 64.1 Å². The maximum Gasteiger partial charge on any atom is 0.319 e. The number of likely N-dealkylation sites (tertiary alicyclic amines) is 1. The van der Waals surface area contributed by atoms with E-state index in [0.717, 1.165) is 0 Å². The van der Waals surface area contributed by atoms with Gasteiger partial charge in [-0.05, 0) is 64.8 Å². The maximum absolute atomic E-state index is 13.6. The predicted octanol–water partition coefficient (Wildman–Crippen LogP) is 3.76. The van der Waals surface area contributed by atoms with Crippen LogP contribution in [0.25, 0.3) is 0 Å². The van der Waals surface area contributed by atoms with Crippen LogP contribution in [0.2, 0.25) is 0 Å². The number of halogens is 3. The molecule has 2 aromatic carbocycles. The fraction of sp³-hybridized carbons (Fsp3) is 0.222. The first kappa shape index (κ1) is 18.3. The highest BCUT2D eigenvalue weighted by Crippen LogP contribution is 2.19. The average molecular weight is 424 g/mol. The first-order chi connectivity index (χ1) is 12.4. The molecule has 5 nitrogen and oxygen atoms in total. The molecule has 0 bridgehead atoms. The molecular weight excluding hydrogens is 408 g/mol. The third kappa shape index (κ3) is 4.37. The minimum Gasteiger partial charge on any atom is -0.337 e. The number of carbonyl (C=O) groups is 2. The molecule has 1 fully saturated rings. The van der Waals surface area contributed by atoms with Gasteiger partial charge in [-0.3, -0.25) is 4.79 Å². The van der Waals surface area contributed by atoms with E-state index in [1.165, 1.54) is 36.4 Å². The molecule has 1 atom stereocenters. The van der Waals surface area contributed by atoms with Gasteiger partial charge in [0.15, 0.2) is 0 Å². The summed E-state index contributed by atoms with van der Waals surface area (Å²) in [7, 11) is 0. The summed E-state index contributed by atoms with van der Waals surface area (Å²) in [6.07, 6.45) is 0.599. The number of carbonyl (C=O) groups excluding carboxylic acids is 2. The largest absolute Gasteiger partial charge is 0.337 e. The minimum atomic E-state index is -0.497. The Morgan fingerprint density at radius 2 is 1.85 bits per heavy atom. The van der Waals surface area contributed by atoms with Gasteiger partial charge in [0, 0.05) is 30.4 Å². The van der Waals surface area contributed by atoms with Gasteiger partial charge in [0.2, 0.25) is 0 Å². The number of urea groups is 1. The van der Waals surface area contributed by atoms with Crippen LogP contribution in [0.3, 0.4) is 0 Å². The molecule has 0 aromatic heterocycles. The first-order valence-corrected chi connectivity index (χ1v) is 8.79. The summed E-state index contributed by atoms with van der Waals surface area (Å²) in [4.78, 5) is 26.0. The minimum absolute atomic E-state index is 0.209. The molecule has 8 heteroatoms. The van der Waals surface area contributed by atoms with Crippen LogP contribution in [-0.4, -0.2) is 36.0 Å². The highest BCUT2D eigenvalue weighted by molar-refractivity contribution is 9.10. The Kier molecular flexibility index (Phi) is 5.51. The third-order valence-corrected chi connectivity index (χ3v) is 4.72. The van der Waals surface area contributed by atoms with Crippen LogP contribution in [0.1, 0.15) is 16.8 Å².